The Morgan fingerprint density at radius 3 is 2.30 bits per heavy atom. The second kappa shape index (κ2) is 7.36. The summed E-state index contributed by atoms with van der Waals surface area (Å²) in [5.74, 6) is 0.382. The Morgan fingerprint density at radius 1 is 1.10 bits per heavy atom. The van der Waals surface area contributed by atoms with Crippen molar-refractivity contribution in [3.8, 4) is 0 Å². The molecule has 0 aliphatic heterocycles. The standard InChI is InChI=1S/C14H26N4O2/c15-13(18-20)12(10-6-2-1-3-7-10)17-14(19)16-11-8-4-5-9-11/h10-12,20H,1-9H2,(H2,15,18)(H2,16,17,19). The van der Waals surface area contributed by atoms with Gasteiger partial charge in [0.2, 0.25) is 0 Å². The molecule has 0 saturated heterocycles. The van der Waals surface area contributed by atoms with E-state index < -0.39 is 0 Å². The Morgan fingerprint density at radius 2 is 1.70 bits per heavy atom. The van der Waals surface area contributed by atoms with E-state index in [9.17, 15) is 4.79 Å². The number of hydrogen-bond acceptors (Lipinski definition) is 3. The van der Waals surface area contributed by atoms with Crippen molar-refractivity contribution in [1.29, 1.82) is 0 Å². The maximum absolute atomic E-state index is 12.1. The number of rotatable bonds is 4. The molecule has 0 aromatic rings. The molecule has 2 saturated carbocycles. The summed E-state index contributed by atoms with van der Waals surface area (Å²) in [6, 6.07) is -0.282. The molecule has 1 atom stereocenters. The Kier molecular flexibility index (Phi) is 5.49. The molecular formula is C14H26N4O2. The SMILES string of the molecule is NC(=NO)C(NC(=O)NC1CCCC1)C1CCCCC1. The van der Waals surface area contributed by atoms with Gasteiger partial charge >= 0.3 is 6.03 Å². The van der Waals surface area contributed by atoms with Gasteiger partial charge in [-0.1, -0.05) is 37.3 Å². The number of nitrogens with two attached hydrogens (primary N) is 1. The number of hydrogen-bond donors (Lipinski definition) is 4. The van der Waals surface area contributed by atoms with Crippen LogP contribution >= 0.6 is 0 Å². The van der Waals surface area contributed by atoms with E-state index in [-0.39, 0.29) is 29.9 Å². The van der Waals surface area contributed by atoms with Crippen LogP contribution in [0.25, 0.3) is 0 Å². The van der Waals surface area contributed by atoms with E-state index in [0.29, 0.717) is 0 Å². The van der Waals surface area contributed by atoms with Crippen LogP contribution in [0.3, 0.4) is 0 Å². The zero-order chi connectivity index (χ0) is 14.4. The number of carbonyl (C=O) groups excluding carboxylic acids is 1. The van der Waals surface area contributed by atoms with E-state index in [1.807, 2.05) is 0 Å². The van der Waals surface area contributed by atoms with Crippen LogP contribution in [0, 0.1) is 5.92 Å². The number of urea groups is 1. The lowest BCUT2D eigenvalue weighted by molar-refractivity contribution is 0.226. The molecule has 5 N–H and O–H groups in total. The fourth-order valence-electron chi connectivity index (χ4n) is 3.40. The van der Waals surface area contributed by atoms with Crippen LogP contribution < -0.4 is 16.4 Å². The fourth-order valence-corrected chi connectivity index (χ4v) is 3.40. The van der Waals surface area contributed by atoms with Gasteiger partial charge in [-0.05, 0) is 31.6 Å². The van der Waals surface area contributed by atoms with Crippen LogP contribution in [0.5, 0.6) is 0 Å². The van der Waals surface area contributed by atoms with Crippen molar-refractivity contribution < 1.29 is 10.0 Å². The lowest BCUT2D eigenvalue weighted by Crippen LogP contribution is -2.54. The van der Waals surface area contributed by atoms with Gasteiger partial charge in [-0.15, -0.1) is 0 Å². The first-order chi connectivity index (χ1) is 9.70. The van der Waals surface area contributed by atoms with E-state index in [1.165, 1.54) is 19.3 Å². The minimum Gasteiger partial charge on any atom is -0.409 e. The van der Waals surface area contributed by atoms with E-state index in [4.69, 9.17) is 10.9 Å². The van der Waals surface area contributed by atoms with Crippen molar-refractivity contribution >= 4 is 11.9 Å². The summed E-state index contributed by atoms with van der Waals surface area (Å²) in [5, 5.41) is 17.9. The Hall–Kier alpha value is -1.46. The van der Waals surface area contributed by atoms with Crippen LogP contribution in [0.2, 0.25) is 0 Å². The first-order valence-electron chi connectivity index (χ1n) is 7.75. The summed E-state index contributed by atoms with van der Waals surface area (Å²) in [4.78, 5) is 12.1. The van der Waals surface area contributed by atoms with Crippen LogP contribution in [0.15, 0.2) is 5.16 Å². The molecule has 6 nitrogen and oxygen atoms in total. The summed E-state index contributed by atoms with van der Waals surface area (Å²) in [6.45, 7) is 0. The smallest absolute Gasteiger partial charge is 0.315 e. The van der Waals surface area contributed by atoms with Gasteiger partial charge in [-0.3, -0.25) is 0 Å². The Bertz CT molecular complexity index is 347. The van der Waals surface area contributed by atoms with E-state index >= 15 is 0 Å². The third-order valence-corrected chi connectivity index (χ3v) is 4.53. The molecule has 0 spiro atoms. The molecule has 0 aromatic heterocycles. The van der Waals surface area contributed by atoms with Crippen LogP contribution in [0.1, 0.15) is 57.8 Å². The number of oxime groups is 1. The minimum absolute atomic E-state index is 0.110. The van der Waals surface area contributed by atoms with Crippen molar-refractivity contribution in [2.24, 2.45) is 16.8 Å². The van der Waals surface area contributed by atoms with Gasteiger partial charge in [0.1, 0.15) is 0 Å². The molecule has 2 aliphatic carbocycles. The Balaban J connectivity index is 1.90. The topological polar surface area (TPSA) is 99.7 Å². The third-order valence-electron chi connectivity index (χ3n) is 4.53. The number of nitrogens with one attached hydrogen (secondary N) is 2. The summed E-state index contributed by atoms with van der Waals surface area (Å²) in [5.41, 5.74) is 5.76. The predicted octanol–water partition coefficient (Wildman–Crippen LogP) is 1.92. The van der Waals surface area contributed by atoms with Crippen molar-refractivity contribution in [2.75, 3.05) is 0 Å². The highest BCUT2D eigenvalue weighted by atomic mass is 16.4. The monoisotopic (exact) mass is 282 g/mol. The highest BCUT2D eigenvalue weighted by molar-refractivity contribution is 5.89. The minimum atomic E-state index is -0.360. The van der Waals surface area contributed by atoms with Gasteiger partial charge in [0, 0.05) is 6.04 Å². The van der Waals surface area contributed by atoms with Gasteiger partial charge in [0.25, 0.3) is 0 Å². The summed E-state index contributed by atoms with van der Waals surface area (Å²) >= 11 is 0. The molecule has 0 heterocycles. The zero-order valence-corrected chi connectivity index (χ0v) is 12.0. The number of amidine groups is 1. The van der Waals surface area contributed by atoms with Gasteiger partial charge in [-0.2, -0.15) is 0 Å². The van der Waals surface area contributed by atoms with Crippen molar-refractivity contribution in [3.05, 3.63) is 0 Å². The van der Waals surface area contributed by atoms with Crippen LogP contribution in [0.4, 0.5) is 4.79 Å². The normalized spacial score (nSPS) is 23.5. The van der Waals surface area contributed by atoms with Gasteiger partial charge in [0.05, 0.1) is 6.04 Å². The second-order valence-electron chi connectivity index (χ2n) is 6.00. The molecule has 2 fully saturated rings. The van der Waals surface area contributed by atoms with Crippen molar-refractivity contribution in [3.63, 3.8) is 0 Å². The first-order valence-corrected chi connectivity index (χ1v) is 7.75. The van der Waals surface area contributed by atoms with Crippen molar-refractivity contribution in [1.82, 2.24) is 10.6 Å². The highest BCUT2D eigenvalue weighted by Gasteiger charge is 2.29. The van der Waals surface area contributed by atoms with Gasteiger partial charge in [0.15, 0.2) is 5.84 Å². The molecule has 0 bridgehead atoms. The third kappa shape index (κ3) is 4.02. The largest absolute Gasteiger partial charge is 0.409 e. The van der Waals surface area contributed by atoms with E-state index in [0.717, 1.165) is 38.5 Å². The number of nitrogens with zero attached hydrogens (tertiary/aromatic N) is 1. The van der Waals surface area contributed by atoms with Gasteiger partial charge in [-0.25, -0.2) is 4.79 Å². The van der Waals surface area contributed by atoms with E-state index in [1.54, 1.807) is 0 Å². The highest BCUT2D eigenvalue weighted by Crippen LogP contribution is 2.26. The van der Waals surface area contributed by atoms with Crippen LogP contribution in [-0.2, 0) is 0 Å². The van der Waals surface area contributed by atoms with Gasteiger partial charge < -0.3 is 21.6 Å². The molecule has 2 aliphatic rings. The van der Waals surface area contributed by atoms with Crippen molar-refractivity contribution in [2.45, 2.75) is 69.9 Å². The molecule has 0 aromatic carbocycles. The molecule has 2 amide bonds. The maximum Gasteiger partial charge on any atom is 0.315 e. The Labute approximate surface area is 120 Å². The average molecular weight is 282 g/mol. The average Bonchev–Trinajstić information content (AvgIpc) is 2.97. The predicted molar refractivity (Wildman–Crippen MR) is 77.7 cm³/mol. The summed E-state index contributed by atoms with van der Waals surface area (Å²) in [7, 11) is 0. The molecule has 6 heteroatoms. The zero-order valence-electron chi connectivity index (χ0n) is 12.0. The summed E-state index contributed by atoms with van der Waals surface area (Å²) < 4.78 is 0. The molecule has 1 unspecified atom stereocenters. The maximum atomic E-state index is 12.1. The van der Waals surface area contributed by atoms with Crippen LogP contribution in [-0.4, -0.2) is 29.2 Å². The number of amides is 2. The molecule has 2 rings (SSSR count). The number of carbonyl (C=O) groups is 1. The first kappa shape index (κ1) is 14.9. The lowest BCUT2D eigenvalue weighted by Gasteiger charge is -2.30. The lowest BCUT2D eigenvalue weighted by atomic mass is 9.83. The molecule has 0 radical (unpaired) electrons. The molecular weight excluding hydrogens is 256 g/mol. The fraction of sp³-hybridized carbons (Fsp3) is 0.857. The molecule has 114 valence electrons. The quantitative estimate of drug-likeness (QED) is 0.274. The van der Waals surface area contributed by atoms with E-state index in [2.05, 4.69) is 15.8 Å². The summed E-state index contributed by atoms with van der Waals surface area (Å²) in [6.07, 6.45) is 10.0. The second-order valence-corrected chi connectivity index (χ2v) is 6.00. The molecule has 20 heavy (non-hydrogen) atoms.